The summed E-state index contributed by atoms with van der Waals surface area (Å²) in [6, 6.07) is 18.1. The molecule has 3 aromatic rings. The van der Waals surface area contributed by atoms with Gasteiger partial charge >= 0.3 is 0 Å². The SMILES string of the molecule is Cc1ccc(-c2ccc(-c3ccc(C4CCC4)s3)c(F)c2)cc1. The Hall–Kier alpha value is -1.93. The van der Waals surface area contributed by atoms with Crippen LogP contribution in [0.4, 0.5) is 4.39 Å². The molecule has 1 aliphatic rings. The third-order valence-corrected chi connectivity index (χ3v) is 6.03. The first-order valence-electron chi connectivity index (χ1n) is 8.17. The zero-order valence-electron chi connectivity index (χ0n) is 13.2. The Kier molecular flexibility index (Phi) is 3.78. The molecule has 0 bridgehead atoms. The first-order chi connectivity index (χ1) is 11.2. The van der Waals surface area contributed by atoms with Crippen molar-refractivity contribution in [1.29, 1.82) is 0 Å². The molecule has 1 heterocycles. The van der Waals surface area contributed by atoms with Crippen LogP contribution in [0.15, 0.2) is 54.6 Å². The number of rotatable bonds is 3. The zero-order valence-corrected chi connectivity index (χ0v) is 14.0. The predicted molar refractivity (Wildman–Crippen MR) is 96.5 cm³/mol. The molecular weight excluding hydrogens is 303 g/mol. The molecule has 0 atom stereocenters. The van der Waals surface area contributed by atoms with Crippen LogP contribution in [-0.4, -0.2) is 0 Å². The highest BCUT2D eigenvalue weighted by Crippen LogP contribution is 2.42. The van der Waals surface area contributed by atoms with E-state index in [-0.39, 0.29) is 5.82 Å². The maximum Gasteiger partial charge on any atom is 0.132 e. The lowest BCUT2D eigenvalue weighted by molar-refractivity contribution is 0.426. The summed E-state index contributed by atoms with van der Waals surface area (Å²) in [6.45, 7) is 2.06. The average Bonchev–Trinajstić information content (AvgIpc) is 2.95. The van der Waals surface area contributed by atoms with E-state index in [2.05, 4.69) is 31.2 Å². The number of thiophene rings is 1. The first kappa shape index (κ1) is 14.6. The highest BCUT2D eigenvalue weighted by molar-refractivity contribution is 7.15. The smallest absolute Gasteiger partial charge is 0.132 e. The Morgan fingerprint density at radius 1 is 0.913 bits per heavy atom. The van der Waals surface area contributed by atoms with E-state index in [9.17, 15) is 4.39 Å². The molecule has 0 nitrogen and oxygen atoms in total. The molecular formula is C21H19FS. The summed E-state index contributed by atoms with van der Waals surface area (Å²) in [7, 11) is 0. The lowest BCUT2D eigenvalue weighted by Crippen LogP contribution is -2.06. The quantitative estimate of drug-likeness (QED) is 0.497. The summed E-state index contributed by atoms with van der Waals surface area (Å²) in [5.41, 5.74) is 3.92. The van der Waals surface area contributed by atoms with Gasteiger partial charge in [-0.2, -0.15) is 0 Å². The molecule has 0 aliphatic heterocycles. The van der Waals surface area contributed by atoms with E-state index < -0.39 is 0 Å². The Morgan fingerprint density at radius 2 is 1.65 bits per heavy atom. The second-order valence-corrected chi connectivity index (χ2v) is 7.51. The van der Waals surface area contributed by atoms with Gasteiger partial charge in [-0.15, -0.1) is 11.3 Å². The molecule has 1 aromatic heterocycles. The van der Waals surface area contributed by atoms with Gasteiger partial charge < -0.3 is 0 Å². The van der Waals surface area contributed by atoms with Crippen molar-refractivity contribution >= 4 is 11.3 Å². The fourth-order valence-electron chi connectivity index (χ4n) is 3.05. The van der Waals surface area contributed by atoms with E-state index in [1.54, 1.807) is 17.4 Å². The molecule has 116 valence electrons. The number of aryl methyl sites for hydroxylation is 1. The van der Waals surface area contributed by atoms with Crippen LogP contribution in [0.5, 0.6) is 0 Å². The molecule has 0 saturated heterocycles. The highest BCUT2D eigenvalue weighted by Gasteiger charge is 2.21. The van der Waals surface area contributed by atoms with Gasteiger partial charge in [0.2, 0.25) is 0 Å². The van der Waals surface area contributed by atoms with Gasteiger partial charge in [-0.05, 0) is 61.1 Å². The van der Waals surface area contributed by atoms with Crippen LogP contribution < -0.4 is 0 Å². The Balaban J connectivity index is 1.65. The maximum atomic E-state index is 14.6. The zero-order chi connectivity index (χ0) is 15.8. The molecule has 2 aromatic carbocycles. The van der Waals surface area contributed by atoms with E-state index >= 15 is 0 Å². The number of halogens is 1. The second-order valence-electron chi connectivity index (χ2n) is 6.39. The molecule has 1 fully saturated rings. The number of benzene rings is 2. The van der Waals surface area contributed by atoms with Gasteiger partial charge in [0.15, 0.2) is 0 Å². The van der Waals surface area contributed by atoms with Gasteiger partial charge in [-0.25, -0.2) is 4.39 Å². The molecule has 0 unspecified atom stereocenters. The van der Waals surface area contributed by atoms with Crippen molar-refractivity contribution < 1.29 is 4.39 Å². The minimum Gasteiger partial charge on any atom is -0.206 e. The number of hydrogen-bond acceptors (Lipinski definition) is 1. The molecule has 0 spiro atoms. The monoisotopic (exact) mass is 322 g/mol. The van der Waals surface area contributed by atoms with Crippen LogP contribution >= 0.6 is 11.3 Å². The van der Waals surface area contributed by atoms with Crippen molar-refractivity contribution in [3.63, 3.8) is 0 Å². The van der Waals surface area contributed by atoms with Crippen molar-refractivity contribution in [2.24, 2.45) is 0 Å². The molecule has 0 N–H and O–H groups in total. The molecule has 1 aliphatic carbocycles. The molecule has 0 amide bonds. The van der Waals surface area contributed by atoms with Crippen LogP contribution in [0.1, 0.15) is 35.6 Å². The topological polar surface area (TPSA) is 0 Å². The Labute approximate surface area is 140 Å². The highest BCUT2D eigenvalue weighted by atomic mass is 32.1. The van der Waals surface area contributed by atoms with Crippen molar-refractivity contribution in [3.05, 3.63) is 70.9 Å². The third-order valence-electron chi connectivity index (χ3n) is 4.75. The van der Waals surface area contributed by atoms with Crippen molar-refractivity contribution in [2.45, 2.75) is 32.1 Å². The lowest BCUT2D eigenvalue weighted by Gasteiger charge is -2.23. The standard InChI is InChI=1S/C21H19FS/c1-14-5-7-15(8-6-14)17-9-10-18(19(22)13-17)21-12-11-20(23-21)16-3-2-4-16/h5-13,16H,2-4H2,1H3. The summed E-state index contributed by atoms with van der Waals surface area (Å²) < 4.78 is 14.6. The lowest BCUT2D eigenvalue weighted by atomic mass is 9.84. The summed E-state index contributed by atoms with van der Waals surface area (Å²) >= 11 is 1.75. The van der Waals surface area contributed by atoms with Crippen LogP contribution in [0.3, 0.4) is 0 Å². The molecule has 2 heteroatoms. The fraction of sp³-hybridized carbons (Fsp3) is 0.238. The van der Waals surface area contributed by atoms with Gasteiger partial charge in [-0.1, -0.05) is 42.3 Å². The van der Waals surface area contributed by atoms with Crippen LogP contribution in [-0.2, 0) is 0 Å². The van der Waals surface area contributed by atoms with E-state index in [0.29, 0.717) is 5.92 Å². The summed E-state index contributed by atoms with van der Waals surface area (Å²) in [5.74, 6) is 0.578. The molecule has 0 radical (unpaired) electrons. The summed E-state index contributed by atoms with van der Waals surface area (Å²) in [5, 5.41) is 0. The predicted octanol–water partition coefficient (Wildman–Crippen LogP) is 6.80. The van der Waals surface area contributed by atoms with E-state index in [0.717, 1.165) is 21.6 Å². The first-order valence-corrected chi connectivity index (χ1v) is 8.99. The summed E-state index contributed by atoms with van der Waals surface area (Å²) in [6.07, 6.45) is 3.90. The van der Waals surface area contributed by atoms with Crippen molar-refractivity contribution in [3.8, 4) is 21.6 Å². The van der Waals surface area contributed by atoms with E-state index in [4.69, 9.17) is 0 Å². The minimum absolute atomic E-state index is 0.134. The summed E-state index contributed by atoms with van der Waals surface area (Å²) in [4.78, 5) is 2.45. The normalized spacial score (nSPS) is 14.7. The van der Waals surface area contributed by atoms with Gasteiger partial charge in [-0.3, -0.25) is 0 Å². The van der Waals surface area contributed by atoms with Gasteiger partial charge in [0.1, 0.15) is 5.82 Å². The number of hydrogen-bond donors (Lipinski definition) is 0. The van der Waals surface area contributed by atoms with Crippen molar-refractivity contribution in [2.75, 3.05) is 0 Å². The van der Waals surface area contributed by atoms with Gasteiger partial charge in [0.05, 0.1) is 0 Å². The Morgan fingerprint density at radius 3 is 2.30 bits per heavy atom. The van der Waals surface area contributed by atoms with E-state index in [1.807, 2.05) is 24.3 Å². The largest absolute Gasteiger partial charge is 0.206 e. The maximum absolute atomic E-state index is 14.6. The molecule has 1 saturated carbocycles. The van der Waals surface area contributed by atoms with Crippen LogP contribution in [0.2, 0.25) is 0 Å². The molecule has 23 heavy (non-hydrogen) atoms. The third kappa shape index (κ3) is 2.84. The second kappa shape index (κ2) is 5.93. The van der Waals surface area contributed by atoms with Gasteiger partial charge in [0, 0.05) is 15.3 Å². The minimum atomic E-state index is -0.134. The van der Waals surface area contributed by atoms with Gasteiger partial charge in [0.25, 0.3) is 0 Å². The van der Waals surface area contributed by atoms with Crippen LogP contribution in [0.25, 0.3) is 21.6 Å². The molecule has 4 rings (SSSR count). The van der Waals surface area contributed by atoms with E-state index in [1.165, 1.54) is 29.7 Å². The average molecular weight is 322 g/mol. The van der Waals surface area contributed by atoms with Crippen LogP contribution in [0, 0.1) is 12.7 Å². The Bertz CT molecular complexity index is 825. The fourth-order valence-corrected chi connectivity index (χ4v) is 4.25. The van der Waals surface area contributed by atoms with Crippen molar-refractivity contribution in [1.82, 2.24) is 0 Å².